The third-order valence-corrected chi connectivity index (χ3v) is 8.29. The fourth-order valence-electron chi connectivity index (χ4n) is 5.47. The second-order valence-electron chi connectivity index (χ2n) is 10.2. The molecule has 3 aliphatic heterocycles. The van der Waals surface area contributed by atoms with E-state index in [1.165, 1.54) is 11.1 Å². The molecular weight excluding hydrogens is 478 g/mol. The van der Waals surface area contributed by atoms with Crippen molar-refractivity contribution < 1.29 is 4.74 Å². The summed E-state index contributed by atoms with van der Waals surface area (Å²) < 4.78 is 5.53. The lowest BCUT2D eigenvalue weighted by Gasteiger charge is -2.41. The van der Waals surface area contributed by atoms with Crippen molar-refractivity contribution in [2.75, 3.05) is 51.3 Å². The van der Waals surface area contributed by atoms with Gasteiger partial charge < -0.3 is 19.9 Å². The van der Waals surface area contributed by atoms with E-state index in [-0.39, 0.29) is 17.6 Å². The molecule has 0 amide bonds. The van der Waals surface area contributed by atoms with E-state index in [0.29, 0.717) is 0 Å². The van der Waals surface area contributed by atoms with Crippen molar-refractivity contribution in [3.63, 3.8) is 0 Å². The quantitative estimate of drug-likeness (QED) is 0.585. The number of thiocarbonyl (C=S) groups is 1. The summed E-state index contributed by atoms with van der Waals surface area (Å²) in [7, 11) is 2.13. The third-order valence-electron chi connectivity index (χ3n) is 7.61. The number of pyridine rings is 1. The number of nitrogens with zero attached hydrogens (tertiary/aromatic N) is 4. The Hall–Kier alpha value is -2.19. The van der Waals surface area contributed by atoms with Gasteiger partial charge in [-0.2, -0.15) is 0 Å². The molecule has 35 heavy (non-hydrogen) atoms. The fourth-order valence-corrected chi connectivity index (χ4v) is 6.07. The van der Waals surface area contributed by atoms with Crippen molar-refractivity contribution in [1.29, 1.82) is 0 Å². The third kappa shape index (κ3) is 4.67. The molecule has 0 radical (unpaired) electrons. The van der Waals surface area contributed by atoms with Gasteiger partial charge in [0.25, 0.3) is 0 Å². The molecule has 0 spiro atoms. The number of morpholine rings is 1. The Balaban J connectivity index is 1.55. The molecule has 5 rings (SSSR count). The Morgan fingerprint density at radius 2 is 1.97 bits per heavy atom. The van der Waals surface area contributed by atoms with E-state index in [1.807, 2.05) is 18.3 Å². The van der Waals surface area contributed by atoms with Crippen molar-refractivity contribution in [2.24, 2.45) is 0 Å². The molecule has 2 aromatic rings. The van der Waals surface area contributed by atoms with Gasteiger partial charge in [0, 0.05) is 55.7 Å². The molecule has 0 unspecified atom stereocenters. The molecule has 1 N–H and O–H groups in total. The lowest BCUT2D eigenvalue weighted by Crippen LogP contribution is -2.43. The zero-order chi connectivity index (χ0) is 24.7. The van der Waals surface area contributed by atoms with Gasteiger partial charge in [-0.05, 0) is 68.4 Å². The highest BCUT2D eigenvalue weighted by molar-refractivity contribution is 7.80. The number of ether oxygens (including phenoxy) is 1. The Kier molecular flexibility index (Phi) is 6.79. The van der Waals surface area contributed by atoms with Crippen LogP contribution in [0.2, 0.25) is 5.02 Å². The molecule has 3 aliphatic rings. The van der Waals surface area contributed by atoms with Crippen LogP contribution in [0, 0.1) is 0 Å². The zero-order valence-corrected chi connectivity index (χ0v) is 22.5. The molecule has 6 nitrogen and oxygen atoms in total. The summed E-state index contributed by atoms with van der Waals surface area (Å²) in [6.45, 7) is 11.9. The maximum atomic E-state index is 7.07. The van der Waals surface area contributed by atoms with E-state index in [1.54, 1.807) is 0 Å². The summed E-state index contributed by atoms with van der Waals surface area (Å²) in [5, 5.41) is 5.07. The number of allylic oxidation sites excluding steroid dienone is 1. The minimum absolute atomic E-state index is 0.0516. The first-order valence-electron chi connectivity index (χ1n) is 12.3. The number of rotatable bonds is 5. The maximum absolute atomic E-state index is 7.07. The number of hydrogen-bond donors (Lipinski definition) is 1. The predicted octanol–water partition coefficient (Wildman–Crippen LogP) is 4.67. The van der Waals surface area contributed by atoms with Crippen molar-refractivity contribution >= 4 is 40.2 Å². The van der Waals surface area contributed by atoms with E-state index in [4.69, 9.17) is 28.6 Å². The molecule has 8 heteroatoms. The van der Waals surface area contributed by atoms with Crippen LogP contribution in [-0.2, 0) is 4.74 Å². The van der Waals surface area contributed by atoms with Crippen LogP contribution in [0.4, 0.5) is 5.69 Å². The van der Waals surface area contributed by atoms with Gasteiger partial charge in [0.1, 0.15) is 0 Å². The maximum Gasteiger partial charge on any atom is 0.170 e. The minimum Gasteiger partial charge on any atom is -0.379 e. The highest BCUT2D eigenvalue weighted by Gasteiger charge is 2.41. The first-order chi connectivity index (χ1) is 16.8. The second kappa shape index (κ2) is 9.69. The van der Waals surface area contributed by atoms with Crippen LogP contribution in [0.1, 0.15) is 49.7 Å². The van der Waals surface area contributed by atoms with Gasteiger partial charge in [0.05, 0.1) is 36.5 Å². The molecule has 4 heterocycles. The first kappa shape index (κ1) is 24.5. The van der Waals surface area contributed by atoms with Gasteiger partial charge >= 0.3 is 0 Å². The highest BCUT2D eigenvalue weighted by Crippen LogP contribution is 2.46. The van der Waals surface area contributed by atoms with E-state index in [2.05, 4.69) is 77.1 Å². The average molecular weight is 512 g/mol. The number of nitrogens with one attached hydrogen (secondary N) is 1. The van der Waals surface area contributed by atoms with Gasteiger partial charge in [0.2, 0.25) is 0 Å². The van der Waals surface area contributed by atoms with Crippen LogP contribution < -0.4 is 10.2 Å². The van der Waals surface area contributed by atoms with Crippen molar-refractivity contribution in [1.82, 2.24) is 20.1 Å². The molecule has 1 aromatic heterocycles. The van der Waals surface area contributed by atoms with E-state index >= 15 is 0 Å². The molecule has 1 aromatic carbocycles. The van der Waals surface area contributed by atoms with Crippen molar-refractivity contribution in [3.8, 4) is 0 Å². The van der Waals surface area contributed by atoms with Crippen molar-refractivity contribution in [3.05, 3.63) is 64.4 Å². The van der Waals surface area contributed by atoms with Crippen LogP contribution in [0.25, 0.3) is 5.57 Å². The lowest BCUT2D eigenvalue weighted by atomic mass is 9.86. The summed E-state index contributed by atoms with van der Waals surface area (Å²) in [5.41, 5.74) is 5.62. The summed E-state index contributed by atoms with van der Waals surface area (Å²) in [6, 6.07) is 10.3. The predicted molar refractivity (Wildman–Crippen MR) is 147 cm³/mol. The molecule has 2 atom stereocenters. The number of benzene rings is 1. The fraction of sp³-hybridized carbons (Fsp3) is 0.481. The zero-order valence-electron chi connectivity index (χ0n) is 20.9. The summed E-state index contributed by atoms with van der Waals surface area (Å²) >= 11 is 12.9. The number of anilines is 1. The molecule has 0 bridgehead atoms. The Bertz CT molecular complexity index is 1130. The van der Waals surface area contributed by atoms with Gasteiger partial charge in [0.15, 0.2) is 5.11 Å². The van der Waals surface area contributed by atoms with E-state index < -0.39 is 0 Å². The number of aromatic nitrogens is 1. The SMILES string of the molecule is CC1=CC(C)(C)N(C)c2cc(Cl)c([C@@H]3[C@@H](c4ccccn4)NC(=S)N3CCN3CCOCC3)cc21. The standard InChI is InChI=1S/C27H34ClN5OS/c1-18-17-27(2,3)31(4)23-16-21(28)20(15-19(18)23)25-24(22-7-5-6-8-29-22)30-26(35)33(25)10-9-32-11-13-34-14-12-32/h5-8,15-17,24-25H,9-14H2,1-4H3,(H,30,35)/t24-,25-/m1/s1. The van der Waals surface area contributed by atoms with Crippen molar-refractivity contribution in [2.45, 2.75) is 38.4 Å². The lowest BCUT2D eigenvalue weighted by molar-refractivity contribution is 0.0350. The Labute approximate surface area is 218 Å². The Morgan fingerprint density at radius 3 is 2.69 bits per heavy atom. The largest absolute Gasteiger partial charge is 0.379 e. The summed E-state index contributed by atoms with van der Waals surface area (Å²) in [6.07, 6.45) is 4.17. The van der Waals surface area contributed by atoms with Crippen LogP contribution in [0.15, 0.2) is 42.6 Å². The smallest absolute Gasteiger partial charge is 0.170 e. The molecular formula is C27H34ClN5OS. The van der Waals surface area contributed by atoms with Crippen LogP contribution >= 0.6 is 23.8 Å². The van der Waals surface area contributed by atoms with E-state index in [0.717, 1.165) is 66.5 Å². The number of likely N-dealkylation sites (N-methyl/N-ethyl adjacent to an activating group) is 1. The van der Waals surface area contributed by atoms with Gasteiger partial charge in [-0.1, -0.05) is 23.7 Å². The molecule has 186 valence electrons. The average Bonchev–Trinajstić information content (AvgIpc) is 3.18. The molecule has 0 aliphatic carbocycles. The topological polar surface area (TPSA) is 43.9 Å². The first-order valence-corrected chi connectivity index (χ1v) is 13.1. The normalized spacial score (nSPS) is 24.3. The monoisotopic (exact) mass is 511 g/mol. The van der Waals surface area contributed by atoms with Gasteiger partial charge in [-0.3, -0.25) is 9.88 Å². The number of halogens is 1. The highest BCUT2D eigenvalue weighted by atomic mass is 35.5. The van der Waals surface area contributed by atoms with E-state index in [9.17, 15) is 0 Å². The van der Waals surface area contributed by atoms with Gasteiger partial charge in [-0.25, -0.2) is 0 Å². The van der Waals surface area contributed by atoms with Crippen LogP contribution in [0.5, 0.6) is 0 Å². The summed E-state index contributed by atoms with van der Waals surface area (Å²) in [5.74, 6) is 0. The number of hydrogen-bond acceptors (Lipinski definition) is 5. The van der Waals surface area contributed by atoms with Crippen LogP contribution in [-0.4, -0.2) is 71.9 Å². The summed E-state index contributed by atoms with van der Waals surface area (Å²) in [4.78, 5) is 11.7. The van der Waals surface area contributed by atoms with Crippen LogP contribution in [0.3, 0.4) is 0 Å². The molecule has 2 saturated heterocycles. The Morgan fingerprint density at radius 1 is 1.20 bits per heavy atom. The minimum atomic E-state index is -0.0778. The molecule has 0 saturated carbocycles. The molecule has 2 fully saturated rings. The second-order valence-corrected chi connectivity index (χ2v) is 11.0. The van der Waals surface area contributed by atoms with Gasteiger partial charge in [-0.15, -0.1) is 0 Å². The number of fused-ring (bicyclic) bond motifs is 1.